The monoisotopic (exact) mass is 319 g/mol. The van der Waals surface area contributed by atoms with Crippen molar-refractivity contribution in [3.63, 3.8) is 0 Å². The van der Waals surface area contributed by atoms with E-state index in [0.29, 0.717) is 15.1 Å². The number of carboxylic acids is 1. The first kappa shape index (κ1) is 14.0. The molecule has 1 aromatic carbocycles. The lowest BCUT2D eigenvalue weighted by Crippen LogP contribution is -2.34. The number of rotatable bonds is 4. The summed E-state index contributed by atoms with van der Waals surface area (Å²) in [5.41, 5.74) is 0.318. The van der Waals surface area contributed by atoms with Crippen LogP contribution in [-0.4, -0.2) is 23.0 Å². The van der Waals surface area contributed by atoms with Crippen molar-refractivity contribution in [1.82, 2.24) is 5.32 Å². The standard InChI is InChI=1S/C11H11BrClNO3/c1-6(5-9(15)16)14-11(17)7-3-2-4-8(12)10(7)13/h2-4,6H,5H2,1H3,(H,14,17)(H,15,16). The van der Waals surface area contributed by atoms with Crippen LogP contribution in [0.4, 0.5) is 0 Å². The first-order chi connectivity index (χ1) is 7.91. The number of hydrogen-bond acceptors (Lipinski definition) is 2. The molecule has 0 aliphatic rings. The van der Waals surface area contributed by atoms with E-state index < -0.39 is 12.0 Å². The van der Waals surface area contributed by atoms with Gasteiger partial charge in [0.1, 0.15) is 0 Å². The van der Waals surface area contributed by atoms with Crippen molar-refractivity contribution in [2.45, 2.75) is 19.4 Å². The molecule has 0 saturated heterocycles. The quantitative estimate of drug-likeness (QED) is 0.896. The number of carboxylic acid groups (broad SMARTS) is 1. The summed E-state index contributed by atoms with van der Waals surface area (Å²) in [4.78, 5) is 22.3. The van der Waals surface area contributed by atoms with Gasteiger partial charge < -0.3 is 10.4 Å². The van der Waals surface area contributed by atoms with Crippen LogP contribution in [0.15, 0.2) is 22.7 Å². The van der Waals surface area contributed by atoms with E-state index in [9.17, 15) is 9.59 Å². The molecule has 1 amide bonds. The maximum absolute atomic E-state index is 11.8. The lowest BCUT2D eigenvalue weighted by molar-refractivity contribution is -0.137. The van der Waals surface area contributed by atoms with Crippen LogP contribution in [0.2, 0.25) is 5.02 Å². The van der Waals surface area contributed by atoms with Gasteiger partial charge in [0.25, 0.3) is 5.91 Å². The first-order valence-electron chi connectivity index (χ1n) is 4.88. The van der Waals surface area contributed by atoms with Gasteiger partial charge in [0.15, 0.2) is 0 Å². The van der Waals surface area contributed by atoms with E-state index in [1.165, 1.54) is 0 Å². The molecular weight excluding hydrogens is 309 g/mol. The van der Waals surface area contributed by atoms with Crippen molar-refractivity contribution in [3.05, 3.63) is 33.3 Å². The van der Waals surface area contributed by atoms with Gasteiger partial charge >= 0.3 is 5.97 Å². The van der Waals surface area contributed by atoms with Crippen LogP contribution in [0.3, 0.4) is 0 Å². The number of nitrogens with one attached hydrogen (secondary N) is 1. The Morgan fingerprint density at radius 1 is 1.53 bits per heavy atom. The fraction of sp³-hybridized carbons (Fsp3) is 0.273. The molecule has 0 radical (unpaired) electrons. The number of carbonyl (C=O) groups is 2. The zero-order valence-electron chi connectivity index (χ0n) is 9.04. The average molecular weight is 321 g/mol. The Morgan fingerprint density at radius 3 is 2.76 bits per heavy atom. The highest BCUT2D eigenvalue weighted by Crippen LogP contribution is 2.25. The molecule has 0 heterocycles. The molecule has 1 rings (SSSR count). The van der Waals surface area contributed by atoms with Gasteiger partial charge in [0, 0.05) is 10.5 Å². The van der Waals surface area contributed by atoms with E-state index in [4.69, 9.17) is 16.7 Å². The summed E-state index contributed by atoms with van der Waals surface area (Å²) in [5.74, 6) is -1.34. The van der Waals surface area contributed by atoms with Crippen LogP contribution < -0.4 is 5.32 Å². The molecule has 4 nitrogen and oxygen atoms in total. The van der Waals surface area contributed by atoms with Crippen molar-refractivity contribution in [3.8, 4) is 0 Å². The largest absolute Gasteiger partial charge is 0.481 e. The van der Waals surface area contributed by atoms with Crippen molar-refractivity contribution in [1.29, 1.82) is 0 Å². The average Bonchev–Trinajstić information content (AvgIpc) is 2.20. The van der Waals surface area contributed by atoms with Crippen LogP contribution in [0.1, 0.15) is 23.7 Å². The molecule has 0 fully saturated rings. The molecule has 0 aliphatic heterocycles. The Kier molecular flexibility index (Phi) is 4.96. The summed E-state index contributed by atoms with van der Waals surface area (Å²) in [7, 11) is 0. The van der Waals surface area contributed by atoms with E-state index in [2.05, 4.69) is 21.2 Å². The number of hydrogen-bond donors (Lipinski definition) is 2. The fourth-order valence-electron chi connectivity index (χ4n) is 1.29. The summed E-state index contributed by atoms with van der Waals surface area (Å²) < 4.78 is 0.623. The Morgan fingerprint density at radius 2 is 2.18 bits per heavy atom. The Hall–Kier alpha value is -1.07. The molecule has 6 heteroatoms. The van der Waals surface area contributed by atoms with E-state index in [-0.39, 0.29) is 12.3 Å². The summed E-state index contributed by atoms with van der Waals surface area (Å²) in [6, 6.07) is 4.54. The van der Waals surface area contributed by atoms with Crippen molar-refractivity contribution in [2.75, 3.05) is 0 Å². The Balaban J connectivity index is 2.77. The fourth-order valence-corrected chi connectivity index (χ4v) is 1.87. The van der Waals surface area contributed by atoms with Crippen molar-refractivity contribution < 1.29 is 14.7 Å². The number of benzene rings is 1. The smallest absolute Gasteiger partial charge is 0.305 e. The molecule has 92 valence electrons. The van der Waals surface area contributed by atoms with Gasteiger partial charge in [0.2, 0.25) is 0 Å². The summed E-state index contributed by atoms with van der Waals surface area (Å²) >= 11 is 9.17. The first-order valence-corrected chi connectivity index (χ1v) is 6.05. The third-order valence-corrected chi connectivity index (χ3v) is 3.35. The van der Waals surface area contributed by atoms with Gasteiger partial charge in [-0.2, -0.15) is 0 Å². The van der Waals surface area contributed by atoms with E-state index in [1.807, 2.05) is 0 Å². The highest BCUT2D eigenvalue weighted by Gasteiger charge is 2.15. The zero-order chi connectivity index (χ0) is 13.0. The van der Waals surface area contributed by atoms with E-state index >= 15 is 0 Å². The molecule has 0 spiro atoms. The second kappa shape index (κ2) is 6.02. The van der Waals surface area contributed by atoms with Gasteiger partial charge in [-0.25, -0.2) is 0 Å². The number of carbonyl (C=O) groups excluding carboxylic acids is 1. The molecule has 0 saturated carbocycles. The summed E-state index contributed by atoms with van der Waals surface area (Å²) in [6.45, 7) is 1.62. The second-order valence-corrected chi connectivity index (χ2v) is 4.81. The van der Waals surface area contributed by atoms with Gasteiger partial charge in [-0.05, 0) is 35.0 Å². The SMILES string of the molecule is CC(CC(=O)O)NC(=O)c1cccc(Br)c1Cl. The highest BCUT2D eigenvalue weighted by atomic mass is 79.9. The molecular formula is C11H11BrClNO3. The van der Waals surface area contributed by atoms with Crippen LogP contribution >= 0.6 is 27.5 Å². The minimum Gasteiger partial charge on any atom is -0.481 e. The molecule has 0 aliphatic carbocycles. The van der Waals surface area contributed by atoms with Gasteiger partial charge in [-0.3, -0.25) is 9.59 Å². The predicted octanol–water partition coefficient (Wildman–Crippen LogP) is 2.70. The molecule has 0 bridgehead atoms. The predicted molar refractivity (Wildman–Crippen MR) is 68.3 cm³/mol. The third-order valence-electron chi connectivity index (χ3n) is 2.05. The maximum Gasteiger partial charge on any atom is 0.305 e. The van der Waals surface area contributed by atoms with E-state index in [0.717, 1.165) is 0 Å². The van der Waals surface area contributed by atoms with Crippen molar-refractivity contribution >= 4 is 39.4 Å². The third kappa shape index (κ3) is 4.02. The molecule has 1 aromatic rings. The minimum absolute atomic E-state index is 0.128. The summed E-state index contributed by atoms with van der Waals surface area (Å²) in [6.07, 6.45) is -0.128. The van der Waals surface area contributed by atoms with Gasteiger partial charge in [0.05, 0.1) is 17.0 Å². The minimum atomic E-state index is -0.960. The Bertz CT molecular complexity index is 450. The molecule has 0 aromatic heterocycles. The number of halogens is 2. The Labute approximate surface area is 112 Å². The molecule has 2 N–H and O–H groups in total. The van der Waals surface area contributed by atoms with Crippen LogP contribution in [0.25, 0.3) is 0 Å². The second-order valence-electron chi connectivity index (χ2n) is 3.57. The van der Waals surface area contributed by atoms with Crippen LogP contribution in [-0.2, 0) is 4.79 Å². The topological polar surface area (TPSA) is 66.4 Å². The number of aliphatic carboxylic acids is 1. The lowest BCUT2D eigenvalue weighted by Gasteiger charge is -2.12. The molecule has 1 unspecified atom stereocenters. The van der Waals surface area contributed by atoms with E-state index in [1.54, 1.807) is 25.1 Å². The molecule has 17 heavy (non-hydrogen) atoms. The van der Waals surface area contributed by atoms with Crippen LogP contribution in [0.5, 0.6) is 0 Å². The maximum atomic E-state index is 11.8. The lowest BCUT2D eigenvalue weighted by atomic mass is 10.2. The van der Waals surface area contributed by atoms with Gasteiger partial charge in [-0.15, -0.1) is 0 Å². The normalized spacial score (nSPS) is 11.9. The van der Waals surface area contributed by atoms with Gasteiger partial charge in [-0.1, -0.05) is 17.7 Å². The zero-order valence-corrected chi connectivity index (χ0v) is 11.4. The number of amides is 1. The highest BCUT2D eigenvalue weighted by molar-refractivity contribution is 9.10. The van der Waals surface area contributed by atoms with Crippen molar-refractivity contribution in [2.24, 2.45) is 0 Å². The van der Waals surface area contributed by atoms with Crippen LogP contribution in [0, 0.1) is 0 Å². The molecule has 1 atom stereocenters. The summed E-state index contributed by atoms with van der Waals surface area (Å²) in [5, 5.41) is 11.5.